The zero-order valence-corrected chi connectivity index (χ0v) is 33.1. The number of hydrogen-bond donors (Lipinski definition) is 7. The number of Topliss-reactive ketones (excluding diaryl/α,β-unsaturated/α-hetero) is 1. The number of aliphatic carboxylic acids is 1. The van der Waals surface area contributed by atoms with E-state index in [1.54, 1.807) is 48.5 Å². The number of ketones is 1. The molecule has 9 N–H and O–H groups in total. The second-order valence-electron chi connectivity index (χ2n) is 15.3. The van der Waals surface area contributed by atoms with E-state index in [1.807, 2.05) is 51.0 Å². The van der Waals surface area contributed by atoms with Crippen molar-refractivity contribution in [1.29, 1.82) is 0 Å². The largest absolute Gasteiger partial charge is 0.508 e. The van der Waals surface area contributed by atoms with Crippen LogP contribution in [0.2, 0.25) is 0 Å². The van der Waals surface area contributed by atoms with Gasteiger partial charge in [0.2, 0.25) is 17.7 Å². The first kappa shape index (κ1) is 42.0. The summed E-state index contributed by atoms with van der Waals surface area (Å²) in [7, 11) is 3.73. The Labute approximate surface area is 339 Å². The van der Waals surface area contributed by atoms with E-state index in [0.29, 0.717) is 21.9 Å². The number of anilines is 1. The average molecular weight is 806 g/mol. The third-order valence-corrected chi connectivity index (χ3v) is 11.0. The minimum Gasteiger partial charge on any atom is -0.508 e. The third kappa shape index (κ3) is 8.93. The molecule has 16 heteroatoms. The van der Waals surface area contributed by atoms with E-state index in [1.165, 1.54) is 0 Å². The molecule has 2 heterocycles. The molecular formula is C43H47N7O9. The molecule has 2 aliphatic heterocycles. The summed E-state index contributed by atoms with van der Waals surface area (Å²) in [6, 6.07) is 12.7. The first-order valence-electron chi connectivity index (χ1n) is 19.1. The fraction of sp³-hybridized carbons (Fsp3) is 0.326. The lowest BCUT2D eigenvalue weighted by atomic mass is 9.84. The fourth-order valence-corrected chi connectivity index (χ4v) is 7.74. The van der Waals surface area contributed by atoms with Gasteiger partial charge in [0.05, 0.1) is 35.8 Å². The van der Waals surface area contributed by atoms with E-state index in [0.717, 1.165) is 27.3 Å². The molecule has 2 aliphatic rings. The highest BCUT2D eigenvalue weighted by Crippen LogP contribution is 2.31. The van der Waals surface area contributed by atoms with Gasteiger partial charge in [0.15, 0.2) is 5.78 Å². The van der Waals surface area contributed by atoms with Crippen molar-refractivity contribution in [2.24, 2.45) is 11.5 Å². The molecular weight excluding hydrogens is 759 g/mol. The Hall–Kier alpha value is -6.65. The van der Waals surface area contributed by atoms with Gasteiger partial charge >= 0.3 is 5.97 Å². The lowest BCUT2D eigenvalue weighted by Gasteiger charge is -2.34. The summed E-state index contributed by atoms with van der Waals surface area (Å²) < 4.78 is 0. The van der Waals surface area contributed by atoms with Crippen LogP contribution in [0, 0.1) is 13.8 Å². The summed E-state index contributed by atoms with van der Waals surface area (Å²) in [6.45, 7) is 2.99. The molecule has 0 radical (unpaired) electrons. The van der Waals surface area contributed by atoms with E-state index in [2.05, 4.69) is 16.0 Å². The zero-order valence-electron chi connectivity index (χ0n) is 33.1. The fourth-order valence-electron chi connectivity index (χ4n) is 7.74. The molecule has 0 spiro atoms. The number of fused-ring (bicyclic) bond motifs is 3. The molecule has 4 aromatic carbocycles. The Kier molecular flexibility index (Phi) is 12.1. The van der Waals surface area contributed by atoms with Crippen molar-refractivity contribution in [3.8, 4) is 5.75 Å². The SMILES string of the molecule is Cc1cc(O)cc(C)c1C[C@H](N)C(=O)C1NC(C(=O)N[C@@H](CCC(=O)O)C(=O)NC(CN2C(=O)c3cc4ccc(N(C)C)cc4cc3C2=O)C(N)=O)Cc2ccccc21. The van der Waals surface area contributed by atoms with Gasteiger partial charge in [-0.2, -0.15) is 0 Å². The number of nitrogens with two attached hydrogens (primary N) is 2. The van der Waals surface area contributed by atoms with Crippen LogP contribution in [0.25, 0.3) is 10.8 Å². The number of nitrogens with zero attached hydrogens (tertiary/aromatic N) is 2. The van der Waals surface area contributed by atoms with Gasteiger partial charge in [-0.15, -0.1) is 0 Å². The Morgan fingerprint density at radius 3 is 2.17 bits per heavy atom. The topological polar surface area (TPSA) is 255 Å². The highest BCUT2D eigenvalue weighted by molar-refractivity contribution is 6.23. The molecule has 0 bridgehead atoms. The molecule has 5 amide bonds. The number of carboxylic acid groups (broad SMARTS) is 1. The predicted molar refractivity (Wildman–Crippen MR) is 218 cm³/mol. The lowest BCUT2D eigenvalue weighted by Crippen LogP contribution is -2.59. The Morgan fingerprint density at radius 2 is 1.54 bits per heavy atom. The van der Waals surface area contributed by atoms with Crippen molar-refractivity contribution >= 4 is 57.7 Å². The number of carbonyl (C=O) groups is 7. The first-order valence-corrected chi connectivity index (χ1v) is 19.1. The smallest absolute Gasteiger partial charge is 0.303 e. The van der Waals surface area contributed by atoms with Gasteiger partial charge < -0.3 is 37.2 Å². The van der Waals surface area contributed by atoms with E-state index in [4.69, 9.17) is 11.5 Å². The van der Waals surface area contributed by atoms with Gasteiger partial charge in [-0.25, -0.2) is 0 Å². The van der Waals surface area contributed by atoms with Crippen molar-refractivity contribution in [2.75, 3.05) is 25.5 Å². The summed E-state index contributed by atoms with van der Waals surface area (Å²) in [5.41, 5.74) is 16.9. The summed E-state index contributed by atoms with van der Waals surface area (Å²) in [5, 5.41) is 29.0. The molecule has 0 aliphatic carbocycles. The Bertz CT molecular complexity index is 2370. The first-order chi connectivity index (χ1) is 27.9. The number of phenols is 1. The van der Waals surface area contributed by atoms with Gasteiger partial charge in [0.1, 0.15) is 17.8 Å². The number of imide groups is 1. The van der Waals surface area contributed by atoms with Gasteiger partial charge in [-0.3, -0.25) is 43.8 Å². The number of carbonyl (C=O) groups excluding carboxylic acids is 6. The number of nitrogens with one attached hydrogen (secondary N) is 3. The molecule has 5 atom stereocenters. The summed E-state index contributed by atoms with van der Waals surface area (Å²) in [4.78, 5) is 95.8. The Morgan fingerprint density at radius 1 is 0.898 bits per heavy atom. The van der Waals surface area contributed by atoms with Gasteiger partial charge in [0, 0.05) is 26.2 Å². The van der Waals surface area contributed by atoms with Gasteiger partial charge in [0.25, 0.3) is 11.8 Å². The van der Waals surface area contributed by atoms with Gasteiger partial charge in [-0.05, 0) is 108 Å². The van der Waals surface area contributed by atoms with Crippen LogP contribution in [0.15, 0.2) is 66.7 Å². The second-order valence-corrected chi connectivity index (χ2v) is 15.3. The normalized spacial score (nSPS) is 17.4. The van der Waals surface area contributed by atoms with Gasteiger partial charge in [-0.1, -0.05) is 30.3 Å². The van der Waals surface area contributed by atoms with Crippen molar-refractivity contribution in [1.82, 2.24) is 20.9 Å². The summed E-state index contributed by atoms with van der Waals surface area (Å²) in [6.07, 6.45) is -0.663. The van der Waals surface area contributed by atoms with E-state index in [9.17, 15) is 43.8 Å². The number of hydrogen-bond acceptors (Lipinski definition) is 11. The van der Waals surface area contributed by atoms with Crippen molar-refractivity contribution in [2.45, 2.75) is 69.7 Å². The van der Waals surface area contributed by atoms with E-state index < -0.39 is 90.9 Å². The van der Waals surface area contributed by atoms with Crippen molar-refractivity contribution in [3.63, 3.8) is 0 Å². The monoisotopic (exact) mass is 805 g/mol. The number of aromatic hydroxyl groups is 1. The second kappa shape index (κ2) is 17.1. The number of carboxylic acids is 1. The number of rotatable bonds is 15. The molecule has 0 aromatic heterocycles. The average Bonchev–Trinajstić information content (AvgIpc) is 3.41. The molecule has 16 nitrogen and oxygen atoms in total. The molecule has 6 rings (SSSR count). The van der Waals surface area contributed by atoms with E-state index >= 15 is 0 Å². The summed E-state index contributed by atoms with van der Waals surface area (Å²) >= 11 is 0. The molecule has 3 unspecified atom stereocenters. The number of benzene rings is 4. The number of phenolic OH excluding ortho intramolecular Hbond substituents is 1. The highest BCUT2D eigenvalue weighted by Gasteiger charge is 2.40. The molecule has 0 saturated heterocycles. The van der Waals surface area contributed by atoms with Crippen molar-refractivity contribution in [3.05, 3.63) is 106 Å². The van der Waals surface area contributed by atoms with Crippen LogP contribution < -0.4 is 32.3 Å². The maximum atomic E-state index is 14.0. The number of aryl methyl sites for hydroxylation is 2. The van der Waals surface area contributed by atoms with Crippen LogP contribution in [0.3, 0.4) is 0 Å². The van der Waals surface area contributed by atoms with Crippen LogP contribution in [-0.2, 0) is 36.8 Å². The molecule has 308 valence electrons. The van der Waals surface area contributed by atoms with Crippen molar-refractivity contribution < 1.29 is 43.8 Å². The number of primary amides is 1. The van der Waals surface area contributed by atoms with Crippen LogP contribution in [0.4, 0.5) is 5.69 Å². The summed E-state index contributed by atoms with van der Waals surface area (Å²) in [5.74, 6) is -5.75. The number of amides is 5. The lowest BCUT2D eigenvalue weighted by molar-refractivity contribution is -0.138. The van der Waals surface area contributed by atoms with Crippen LogP contribution in [0.5, 0.6) is 5.75 Å². The van der Waals surface area contributed by atoms with Crippen LogP contribution >= 0.6 is 0 Å². The minimum atomic E-state index is -1.60. The van der Waals surface area contributed by atoms with Crippen LogP contribution in [0.1, 0.15) is 67.4 Å². The Balaban J connectivity index is 1.18. The third-order valence-electron chi connectivity index (χ3n) is 11.0. The predicted octanol–water partition coefficient (Wildman–Crippen LogP) is 1.54. The molecule has 59 heavy (non-hydrogen) atoms. The zero-order chi connectivity index (χ0) is 42.9. The minimum absolute atomic E-state index is 0.0940. The molecule has 0 fully saturated rings. The maximum absolute atomic E-state index is 14.0. The van der Waals surface area contributed by atoms with E-state index in [-0.39, 0.29) is 29.7 Å². The maximum Gasteiger partial charge on any atom is 0.303 e. The highest BCUT2D eigenvalue weighted by atomic mass is 16.4. The van der Waals surface area contributed by atoms with Crippen LogP contribution in [-0.4, -0.2) is 101 Å². The quantitative estimate of drug-likeness (QED) is 0.0845. The molecule has 0 saturated carbocycles. The standard InChI is InChI=1S/C43H47N7O9/c1-21-13-27(51)14-22(2)29(21)19-32(44)38(54)37-28-8-6-5-7-24(28)18-34(46-37)41(57)47-33(11-12-36(52)53)40(56)48-35(39(45)55)20-50-42(58)30-16-23-9-10-26(49(3)4)15-25(23)17-31(30)43(50)59/h5-10,13-17,32-35,37,46,51H,11-12,18-20,44H2,1-4H3,(H2,45,55)(H,47,57)(H,48,56)(H,52,53)/t32-,33-,34?,35?,37?/m0/s1. The molecule has 4 aromatic rings.